The molecule has 0 saturated heterocycles. The van der Waals surface area contributed by atoms with Gasteiger partial charge in [-0.15, -0.1) is 0 Å². The van der Waals surface area contributed by atoms with Gasteiger partial charge in [-0.25, -0.2) is 4.90 Å². The van der Waals surface area contributed by atoms with Crippen LogP contribution in [0.25, 0.3) is 16.8 Å². The molecule has 1 aliphatic rings. The molecule has 0 spiro atoms. The summed E-state index contributed by atoms with van der Waals surface area (Å²) >= 11 is 6.17. The molecule has 0 fully saturated rings. The molecule has 154 valence electrons. The number of hydrogen-bond acceptors (Lipinski definition) is 3. The smallest absolute Gasteiger partial charge is 0.265 e. The van der Waals surface area contributed by atoms with Crippen molar-refractivity contribution >= 4 is 51.7 Å². The number of ketones is 1. The number of anilines is 1. The highest BCUT2D eigenvalue weighted by Gasteiger charge is 2.34. The van der Waals surface area contributed by atoms with Crippen LogP contribution >= 0.6 is 11.6 Å². The lowest BCUT2D eigenvalue weighted by Gasteiger charge is -2.27. The Labute approximate surface area is 189 Å². The van der Waals surface area contributed by atoms with E-state index in [4.69, 9.17) is 11.6 Å². The molecule has 0 bridgehead atoms. The Balaban J connectivity index is 1.61. The van der Waals surface area contributed by atoms with Gasteiger partial charge in [0.25, 0.3) is 11.8 Å². The predicted molar refractivity (Wildman–Crippen MR) is 126 cm³/mol. The number of hydrogen-bond donors (Lipinski definition) is 0. The lowest BCUT2D eigenvalue weighted by atomic mass is 9.89. The zero-order valence-corrected chi connectivity index (χ0v) is 17.5. The zero-order chi connectivity index (χ0) is 22.2. The molecule has 4 aromatic carbocycles. The van der Waals surface area contributed by atoms with E-state index < -0.39 is 11.8 Å². The summed E-state index contributed by atoms with van der Waals surface area (Å²) in [5.41, 5.74) is 2.45. The molecule has 0 N–H and O–H groups in total. The van der Waals surface area contributed by atoms with Crippen molar-refractivity contribution in [2.45, 2.75) is 0 Å². The molecule has 0 aliphatic carbocycles. The average molecular weight is 438 g/mol. The van der Waals surface area contributed by atoms with E-state index in [1.807, 2.05) is 24.3 Å². The summed E-state index contributed by atoms with van der Waals surface area (Å²) in [4.78, 5) is 40.7. The third-order valence-corrected chi connectivity index (χ3v) is 5.85. The Morgan fingerprint density at radius 2 is 1.44 bits per heavy atom. The summed E-state index contributed by atoms with van der Waals surface area (Å²) in [6.45, 7) is 0. The van der Waals surface area contributed by atoms with Crippen LogP contribution in [0, 0.1) is 0 Å². The maximum Gasteiger partial charge on any atom is 0.265 e. The number of carbonyl (C=O) groups is 3. The largest absolute Gasteiger partial charge is 0.289 e. The third kappa shape index (κ3) is 3.22. The highest BCUT2D eigenvalue weighted by atomic mass is 35.5. The lowest BCUT2D eigenvalue weighted by molar-refractivity contribution is 0.0892. The molecule has 1 heterocycles. The number of rotatable bonds is 4. The Morgan fingerprint density at radius 1 is 0.750 bits per heavy atom. The SMILES string of the molecule is O=C(/C=C/c1ccccc1Cl)c1ccc2c3c(cccc13)C(=O)N(c1ccccc1)C2=O. The number of nitrogens with zero attached hydrogens (tertiary/aromatic N) is 1. The van der Waals surface area contributed by atoms with Gasteiger partial charge in [0.2, 0.25) is 0 Å². The summed E-state index contributed by atoms with van der Waals surface area (Å²) in [5, 5.41) is 1.63. The molecular weight excluding hydrogens is 422 g/mol. The van der Waals surface area contributed by atoms with E-state index in [-0.39, 0.29) is 5.78 Å². The van der Waals surface area contributed by atoms with Gasteiger partial charge < -0.3 is 0 Å². The monoisotopic (exact) mass is 437 g/mol. The van der Waals surface area contributed by atoms with E-state index in [1.165, 1.54) is 11.0 Å². The average Bonchev–Trinajstić information content (AvgIpc) is 2.82. The van der Waals surface area contributed by atoms with Gasteiger partial charge in [0.15, 0.2) is 5.78 Å². The fraction of sp³-hybridized carbons (Fsp3) is 0. The van der Waals surface area contributed by atoms with E-state index >= 15 is 0 Å². The Hall–Kier alpha value is -4.02. The molecule has 5 heteroatoms. The van der Waals surface area contributed by atoms with Crippen LogP contribution in [-0.2, 0) is 0 Å². The second-order valence-corrected chi connectivity index (χ2v) is 7.80. The number of allylic oxidation sites excluding steroid dienone is 1. The first kappa shape index (κ1) is 19.9. The maximum absolute atomic E-state index is 13.2. The topological polar surface area (TPSA) is 54.5 Å². The quantitative estimate of drug-likeness (QED) is 0.217. The summed E-state index contributed by atoms with van der Waals surface area (Å²) < 4.78 is 0. The Morgan fingerprint density at radius 3 is 2.19 bits per heavy atom. The van der Waals surface area contributed by atoms with Crippen molar-refractivity contribution in [1.29, 1.82) is 0 Å². The van der Waals surface area contributed by atoms with Crippen LogP contribution < -0.4 is 4.90 Å². The highest BCUT2D eigenvalue weighted by molar-refractivity contribution is 6.37. The number of carbonyl (C=O) groups excluding carboxylic acids is 3. The molecular formula is C27H16ClNO3. The summed E-state index contributed by atoms with van der Waals surface area (Å²) in [5.74, 6) is -1.05. The van der Waals surface area contributed by atoms with Crippen molar-refractivity contribution in [1.82, 2.24) is 0 Å². The van der Waals surface area contributed by atoms with Crippen molar-refractivity contribution in [3.63, 3.8) is 0 Å². The molecule has 1 aliphatic heterocycles. The van der Waals surface area contributed by atoms with Crippen LogP contribution in [0.4, 0.5) is 5.69 Å². The first-order valence-electron chi connectivity index (χ1n) is 10.0. The Kier molecular flexibility index (Phi) is 4.92. The fourth-order valence-electron chi connectivity index (χ4n) is 3.99. The van der Waals surface area contributed by atoms with E-state index in [1.54, 1.807) is 66.7 Å². The van der Waals surface area contributed by atoms with Gasteiger partial charge >= 0.3 is 0 Å². The van der Waals surface area contributed by atoms with Crippen LogP contribution in [0.2, 0.25) is 5.02 Å². The summed E-state index contributed by atoms with van der Waals surface area (Å²) in [6.07, 6.45) is 3.11. The van der Waals surface area contributed by atoms with Crippen LogP contribution in [0.3, 0.4) is 0 Å². The fourth-order valence-corrected chi connectivity index (χ4v) is 4.19. The molecule has 32 heavy (non-hydrogen) atoms. The molecule has 4 nitrogen and oxygen atoms in total. The van der Waals surface area contributed by atoms with Gasteiger partial charge in [-0.2, -0.15) is 0 Å². The number of benzene rings is 4. The Bertz CT molecular complexity index is 1420. The van der Waals surface area contributed by atoms with Gasteiger partial charge in [-0.05, 0) is 59.5 Å². The van der Waals surface area contributed by atoms with Crippen LogP contribution in [0.1, 0.15) is 36.6 Å². The summed E-state index contributed by atoms with van der Waals surface area (Å²) in [6, 6.07) is 24.5. The number of para-hydroxylation sites is 1. The minimum Gasteiger partial charge on any atom is -0.289 e. The second kappa shape index (κ2) is 7.91. The van der Waals surface area contributed by atoms with Gasteiger partial charge in [0.05, 0.1) is 5.69 Å². The second-order valence-electron chi connectivity index (χ2n) is 7.39. The van der Waals surface area contributed by atoms with Crippen LogP contribution in [-0.4, -0.2) is 17.6 Å². The highest BCUT2D eigenvalue weighted by Crippen LogP contribution is 2.34. The molecule has 2 amide bonds. The van der Waals surface area contributed by atoms with E-state index in [0.717, 1.165) is 5.56 Å². The molecule has 0 aromatic heterocycles. The third-order valence-electron chi connectivity index (χ3n) is 5.51. The van der Waals surface area contributed by atoms with Gasteiger partial charge in [-0.3, -0.25) is 14.4 Å². The lowest BCUT2D eigenvalue weighted by Crippen LogP contribution is -2.40. The molecule has 0 unspecified atom stereocenters. The van der Waals surface area contributed by atoms with Crippen molar-refractivity contribution in [2.75, 3.05) is 4.90 Å². The number of amides is 2. The van der Waals surface area contributed by atoms with Crippen molar-refractivity contribution in [2.24, 2.45) is 0 Å². The number of imide groups is 1. The first-order chi connectivity index (χ1) is 15.6. The van der Waals surface area contributed by atoms with E-state index in [9.17, 15) is 14.4 Å². The standard InChI is InChI=1S/C27H16ClNO3/c28-23-12-5-4-7-17(23)13-16-24(30)19-14-15-22-25-20(19)10-6-11-21(25)26(31)29(27(22)32)18-8-2-1-3-9-18/h1-16H/b16-13+. The molecule has 0 saturated carbocycles. The van der Waals surface area contributed by atoms with Gasteiger partial charge in [0.1, 0.15) is 0 Å². The van der Waals surface area contributed by atoms with Crippen molar-refractivity contribution in [3.8, 4) is 0 Å². The molecule has 5 rings (SSSR count). The normalized spacial score (nSPS) is 13.2. The molecule has 0 atom stereocenters. The molecule has 4 aromatic rings. The van der Waals surface area contributed by atoms with Crippen molar-refractivity contribution < 1.29 is 14.4 Å². The van der Waals surface area contributed by atoms with Crippen LogP contribution in [0.5, 0.6) is 0 Å². The summed E-state index contributed by atoms with van der Waals surface area (Å²) in [7, 11) is 0. The van der Waals surface area contributed by atoms with Crippen LogP contribution in [0.15, 0.2) is 91.0 Å². The van der Waals surface area contributed by atoms with Gasteiger partial charge in [-0.1, -0.05) is 60.1 Å². The predicted octanol–water partition coefficient (Wildman–Crippen LogP) is 6.19. The van der Waals surface area contributed by atoms with Gasteiger partial charge in [0, 0.05) is 27.1 Å². The first-order valence-corrected chi connectivity index (χ1v) is 10.4. The minimum atomic E-state index is -0.407. The van der Waals surface area contributed by atoms with E-state index in [0.29, 0.717) is 38.2 Å². The minimum absolute atomic E-state index is 0.237. The number of halogens is 1. The van der Waals surface area contributed by atoms with E-state index in [2.05, 4.69) is 0 Å². The molecule has 0 radical (unpaired) electrons. The van der Waals surface area contributed by atoms with Crippen molar-refractivity contribution in [3.05, 3.63) is 118 Å². The zero-order valence-electron chi connectivity index (χ0n) is 16.8. The maximum atomic E-state index is 13.2.